The van der Waals surface area contributed by atoms with Crippen LogP contribution in [0, 0.1) is 11.8 Å². The van der Waals surface area contributed by atoms with Gasteiger partial charge in [0.15, 0.2) is 5.69 Å². The average molecular weight is 484 g/mol. The van der Waals surface area contributed by atoms with Crippen molar-refractivity contribution in [2.45, 2.75) is 34.2 Å². The highest BCUT2D eigenvalue weighted by Crippen LogP contribution is 2.23. The topological polar surface area (TPSA) is 130 Å². The van der Waals surface area contributed by atoms with Gasteiger partial charge in [0.2, 0.25) is 0 Å². The van der Waals surface area contributed by atoms with Crippen LogP contribution >= 0.6 is 11.3 Å². The number of thiophene rings is 1. The first-order valence-electron chi connectivity index (χ1n) is 11.0. The minimum absolute atomic E-state index is 0.00920. The van der Waals surface area contributed by atoms with Crippen LogP contribution in [0.3, 0.4) is 0 Å². The third-order valence-corrected chi connectivity index (χ3v) is 5.81. The quantitative estimate of drug-likeness (QED) is 0.452. The number of hydrogen-bond donors (Lipinski definition) is 3. The fraction of sp³-hybridized carbons (Fsp3) is 0.333. The van der Waals surface area contributed by atoms with Crippen LogP contribution in [0.25, 0.3) is 0 Å². The van der Waals surface area contributed by atoms with Gasteiger partial charge in [-0.1, -0.05) is 39.8 Å². The number of anilines is 3. The molecule has 9 nitrogen and oxygen atoms in total. The van der Waals surface area contributed by atoms with Crippen LogP contribution < -0.4 is 27.2 Å². The molecule has 0 spiro atoms. The monoisotopic (exact) mass is 483 g/mol. The third kappa shape index (κ3) is 5.63. The standard InChI is InChI=1S/C24H29N5O4S/c1-14(2)12-28(19-20(25)29(13-15(3)4)24(33)27-22(19)31)23(32)16-7-5-8-17(11-16)26-21(30)18-9-6-10-34-18/h5-11,14-15H,12-13,25H2,1-4H3,(H,26,30)(H,27,31,33). The number of nitrogen functional groups attached to an aromatic ring is 1. The molecular formula is C24H29N5O4S. The highest BCUT2D eigenvalue weighted by atomic mass is 32.1. The molecule has 0 bridgehead atoms. The summed E-state index contributed by atoms with van der Waals surface area (Å²) in [5.41, 5.74) is 5.58. The maximum absolute atomic E-state index is 13.6. The summed E-state index contributed by atoms with van der Waals surface area (Å²) in [6.45, 7) is 8.16. The molecule has 10 heteroatoms. The summed E-state index contributed by atoms with van der Waals surface area (Å²) in [6, 6.07) is 9.97. The van der Waals surface area contributed by atoms with Crippen molar-refractivity contribution in [3.05, 3.63) is 73.1 Å². The number of nitrogens with zero attached hydrogens (tertiary/aromatic N) is 2. The van der Waals surface area contributed by atoms with Crippen molar-refractivity contribution in [2.24, 2.45) is 11.8 Å². The summed E-state index contributed by atoms with van der Waals surface area (Å²) < 4.78 is 1.28. The van der Waals surface area contributed by atoms with Gasteiger partial charge in [-0.05, 0) is 41.5 Å². The van der Waals surface area contributed by atoms with Crippen LogP contribution in [0.2, 0.25) is 0 Å². The molecular weight excluding hydrogens is 454 g/mol. The third-order valence-electron chi connectivity index (χ3n) is 4.94. The van der Waals surface area contributed by atoms with Gasteiger partial charge in [0.05, 0.1) is 4.88 Å². The zero-order valence-corrected chi connectivity index (χ0v) is 20.4. The van der Waals surface area contributed by atoms with Crippen molar-refractivity contribution in [2.75, 3.05) is 22.5 Å². The zero-order valence-electron chi connectivity index (χ0n) is 19.6. The molecule has 0 unspecified atom stereocenters. The van der Waals surface area contributed by atoms with Crippen LogP contribution in [-0.4, -0.2) is 27.9 Å². The molecule has 4 N–H and O–H groups in total. The van der Waals surface area contributed by atoms with Gasteiger partial charge in [-0.2, -0.15) is 0 Å². The molecule has 34 heavy (non-hydrogen) atoms. The maximum Gasteiger partial charge on any atom is 0.330 e. The first-order chi connectivity index (χ1) is 16.1. The van der Waals surface area contributed by atoms with Crippen LogP contribution in [0.1, 0.15) is 47.7 Å². The summed E-state index contributed by atoms with van der Waals surface area (Å²) in [4.78, 5) is 55.3. The Bertz CT molecular complexity index is 1290. The van der Waals surface area contributed by atoms with Gasteiger partial charge >= 0.3 is 5.69 Å². The van der Waals surface area contributed by atoms with Crippen molar-refractivity contribution in [3.63, 3.8) is 0 Å². The van der Waals surface area contributed by atoms with Gasteiger partial charge in [-0.25, -0.2) is 4.79 Å². The number of hydrogen-bond acceptors (Lipinski definition) is 6. The van der Waals surface area contributed by atoms with Crippen molar-refractivity contribution in [1.82, 2.24) is 9.55 Å². The number of nitrogens with one attached hydrogen (secondary N) is 2. The second-order valence-electron chi connectivity index (χ2n) is 8.82. The number of aromatic amines is 1. The lowest BCUT2D eigenvalue weighted by Gasteiger charge is -2.26. The number of amides is 2. The van der Waals surface area contributed by atoms with Crippen molar-refractivity contribution in [1.29, 1.82) is 0 Å². The molecule has 0 radical (unpaired) electrons. The molecule has 3 aromatic rings. The summed E-state index contributed by atoms with van der Waals surface area (Å²) in [6.07, 6.45) is 0. The predicted octanol–water partition coefficient (Wildman–Crippen LogP) is 3.39. The molecule has 180 valence electrons. The lowest BCUT2D eigenvalue weighted by atomic mass is 10.1. The summed E-state index contributed by atoms with van der Waals surface area (Å²) in [5, 5.41) is 4.59. The average Bonchev–Trinajstić information content (AvgIpc) is 3.30. The molecule has 0 aliphatic carbocycles. The molecule has 0 atom stereocenters. The minimum atomic E-state index is -0.723. The fourth-order valence-electron chi connectivity index (χ4n) is 3.51. The van der Waals surface area contributed by atoms with Gasteiger partial charge in [0.25, 0.3) is 17.4 Å². The molecule has 0 aliphatic rings. The number of benzene rings is 1. The molecule has 2 amide bonds. The van der Waals surface area contributed by atoms with E-state index >= 15 is 0 Å². The van der Waals surface area contributed by atoms with E-state index < -0.39 is 17.2 Å². The zero-order chi connectivity index (χ0) is 25.0. The maximum atomic E-state index is 13.6. The van der Waals surface area contributed by atoms with Crippen LogP contribution in [0.4, 0.5) is 17.2 Å². The van der Waals surface area contributed by atoms with Crippen molar-refractivity contribution < 1.29 is 9.59 Å². The smallest absolute Gasteiger partial charge is 0.330 e. The van der Waals surface area contributed by atoms with Gasteiger partial charge in [-0.3, -0.25) is 23.9 Å². The number of H-pyrrole nitrogens is 1. The van der Waals surface area contributed by atoms with E-state index in [0.29, 0.717) is 17.1 Å². The summed E-state index contributed by atoms with van der Waals surface area (Å²) in [5.74, 6) is -0.696. The van der Waals surface area contributed by atoms with E-state index in [1.165, 1.54) is 20.8 Å². The van der Waals surface area contributed by atoms with Crippen molar-refractivity contribution in [3.8, 4) is 0 Å². The Hall–Kier alpha value is -3.66. The number of aromatic nitrogens is 2. The molecule has 2 aromatic heterocycles. The lowest BCUT2D eigenvalue weighted by molar-refractivity contribution is 0.0981. The number of carbonyl (C=O) groups excluding carboxylic acids is 2. The summed E-state index contributed by atoms with van der Waals surface area (Å²) in [7, 11) is 0. The Morgan fingerprint density at radius 2 is 1.85 bits per heavy atom. The Kier molecular flexibility index (Phi) is 7.72. The fourth-order valence-corrected chi connectivity index (χ4v) is 4.13. The van der Waals surface area contributed by atoms with E-state index in [4.69, 9.17) is 5.73 Å². The first kappa shape index (κ1) is 25.0. The normalized spacial score (nSPS) is 11.1. The van der Waals surface area contributed by atoms with E-state index in [0.717, 1.165) is 0 Å². The number of nitrogens with two attached hydrogens (primary N) is 1. The lowest BCUT2D eigenvalue weighted by Crippen LogP contribution is -2.43. The molecule has 1 aromatic carbocycles. The Morgan fingerprint density at radius 1 is 1.12 bits per heavy atom. The van der Waals surface area contributed by atoms with Crippen LogP contribution in [0.15, 0.2) is 51.4 Å². The molecule has 0 fully saturated rings. The Labute approximate surface area is 201 Å². The molecule has 0 saturated heterocycles. The Morgan fingerprint density at radius 3 is 2.47 bits per heavy atom. The second kappa shape index (κ2) is 10.5. The van der Waals surface area contributed by atoms with Gasteiger partial charge in [-0.15, -0.1) is 11.3 Å². The molecule has 2 heterocycles. The molecule has 0 saturated carbocycles. The number of rotatable bonds is 8. The van der Waals surface area contributed by atoms with Crippen LogP contribution in [-0.2, 0) is 6.54 Å². The van der Waals surface area contributed by atoms with E-state index in [2.05, 4.69) is 10.3 Å². The van der Waals surface area contributed by atoms with E-state index in [9.17, 15) is 19.2 Å². The SMILES string of the molecule is CC(C)CN(C(=O)c1cccc(NC(=O)c2cccs2)c1)c1c(N)n(CC(C)C)c(=O)[nH]c1=O. The van der Waals surface area contributed by atoms with Crippen molar-refractivity contribution >= 4 is 40.3 Å². The first-order valence-corrected chi connectivity index (χ1v) is 11.9. The highest BCUT2D eigenvalue weighted by Gasteiger charge is 2.26. The summed E-state index contributed by atoms with van der Waals surface area (Å²) >= 11 is 1.31. The van der Waals surface area contributed by atoms with E-state index in [1.54, 1.807) is 41.8 Å². The largest absolute Gasteiger partial charge is 0.383 e. The number of carbonyl (C=O) groups is 2. The minimum Gasteiger partial charge on any atom is -0.383 e. The highest BCUT2D eigenvalue weighted by molar-refractivity contribution is 7.12. The van der Waals surface area contributed by atoms with Gasteiger partial charge in [0, 0.05) is 24.3 Å². The Balaban J connectivity index is 2.01. The second-order valence-corrected chi connectivity index (χ2v) is 9.77. The van der Waals surface area contributed by atoms with Gasteiger partial charge in [0.1, 0.15) is 5.82 Å². The molecule has 0 aliphatic heterocycles. The van der Waals surface area contributed by atoms with E-state index in [1.807, 2.05) is 27.7 Å². The van der Waals surface area contributed by atoms with E-state index in [-0.39, 0.29) is 41.4 Å². The predicted molar refractivity (Wildman–Crippen MR) is 136 cm³/mol. The van der Waals surface area contributed by atoms with Gasteiger partial charge < -0.3 is 16.0 Å². The van der Waals surface area contributed by atoms with Crippen LogP contribution in [0.5, 0.6) is 0 Å². The molecule has 3 rings (SSSR count).